The van der Waals surface area contributed by atoms with Crippen molar-refractivity contribution in [1.82, 2.24) is 0 Å². The number of benzene rings is 2. The van der Waals surface area contributed by atoms with Crippen LogP contribution in [0.1, 0.15) is 23.7 Å². The second-order valence-corrected chi connectivity index (χ2v) is 6.14. The van der Waals surface area contributed by atoms with Crippen molar-refractivity contribution in [2.45, 2.75) is 18.6 Å². The van der Waals surface area contributed by atoms with Crippen LogP contribution in [0.3, 0.4) is 0 Å². The molecule has 1 aliphatic heterocycles. The molecule has 9 heteroatoms. The summed E-state index contributed by atoms with van der Waals surface area (Å²) in [6, 6.07) is 13.0. The molecule has 2 atom stereocenters. The predicted molar refractivity (Wildman–Crippen MR) is 105 cm³/mol. The Hall–Kier alpha value is -3.55. The molecule has 0 amide bonds. The lowest BCUT2D eigenvalue weighted by atomic mass is 10.0. The van der Waals surface area contributed by atoms with Gasteiger partial charge in [-0.2, -0.15) is 0 Å². The number of hydrogen-bond donors (Lipinski definition) is 1. The molecule has 1 heterocycles. The number of hydrogen-bond acceptors (Lipinski definition) is 7. The summed E-state index contributed by atoms with van der Waals surface area (Å²) in [5.74, 6) is 0.378. The summed E-state index contributed by atoms with van der Waals surface area (Å²) in [5.41, 5.74) is 10.4. The highest BCUT2D eigenvalue weighted by Crippen LogP contribution is 2.37. The molecule has 0 fully saturated rings. The number of carbonyl (C=O) groups is 1. The number of carbonyl (C=O) groups excluding carboxylic acids is 1. The molecule has 9 nitrogen and oxygen atoms in total. The van der Waals surface area contributed by atoms with Gasteiger partial charge in [-0.05, 0) is 29.8 Å². The fraction of sp³-hybridized carbons (Fsp3) is 0.300. The number of nitrogens with zero attached hydrogens (tertiary/aromatic N) is 4. The quantitative estimate of drug-likeness (QED) is 0.240. The minimum Gasteiger partial charge on any atom is -0.494 e. The predicted octanol–water partition coefficient (Wildman–Crippen LogP) is 3.45. The highest BCUT2D eigenvalue weighted by molar-refractivity contribution is 5.98. The number of aliphatic imine (C=N–C) groups is 1. The summed E-state index contributed by atoms with van der Waals surface area (Å²) < 4.78 is 16.4. The van der Waals surface area contributed by atoms with E-state index in [0.29, 0.717) is 35.6 Å². The molecule has 0 spiro atoms. The maximum absolute atomic E-state index is 12.3. The zero-order valence-electron chi connectivity index (χ0n) is 15.8. The highest BCUT2D eigenvalue weighted by atomic mass is 16.5. The molecule has 0 bridgehead atoms. The van der Waals surface area contributed by atoms with Crippen LogP contribution < -0.4 is 4.74 Å². The third kappa shape index (κ3) is 4.66. The van der Waals surface area contributed by atoms with Gasteiger partial charge in [0.15, 0.2) is 12.1 Å². The lowest BCUT2D eigenvalue weighted by Crippen LogP contribution is -2.25. The van der Waals surface area contributed by atoms with Crippen LogP contribution in [0.5, 0.6) is 5.75 Å². The Morgan fingerprint density at radius 2 is 2.03 bits per heavy atom. The second kappa shape index (κ2) is 9.59. The smallest absolute Gasteiger partial charge is 0.335 e. The van der Waals surface area contributed by atoms with Gasteiger partial charge in [0, 0.05) is 34.8 Å². The number of ether oxygens (including phenoxy) is 3. The van der Waals surface area contributed by atoms with Gasteiger partial charge in [0.25, 0.3) is 0 Å². The molecule has 29 heavy (non-hydrogen) atoms. The first-order valence-electron chi connectivity index (χ1n) is 8.98. The van der Waals surface area contributed by atoms with Crippen molar-refractivity contribution < 1.29 is 24.1 Å². The minimum absolute atomic E-state index is 0.0658. The number of methoxy groups -OCH3 is 1. The maximum Gasteiger partial charge on any atom is 0.335 e. The molecule has 0 saturated carbocycles. The van der Waals surface area contributed by atoms with E-state index in [1.165, 1.54) is 7.11 Å². The van der Waals surface area contributed by atoms with Gasteiger partial charge >= 0.3 is 5.97 Å². The molecule has 0 aromatic heterocycles. The van der Waals surface area contributed by atoms with Gasteiger partial charge in [-0.25, -0.2) is 9.79 Å². The molecular weight excluding hydrogens is 376 g/mol. The number of azide groups is 1. The van der Waals surface area contributed by atoms with Crippen molar-refractivity contribution in [3.63, 3.8) is 0 Å². The molecule has 2 aromatic rings. The molecule has 0 unspecified atom stereocenters. The first kappa shape index (κ1) is 20.2. The molecule has 1 aliphatic rings. The Bertz CT molecular complexity index is 938. The van der Waals surface area contributed by atoms with Crippen LogP contribution in [0.2, 0.25) is 0 Å². The van der Waals surface area contributed by atoms with E-state index in [0.717, 1.165) is 0 Å². The van der Waals surface area contributed by atoms with Gasteiger partial charge in [0.1, 0.15) is 5.75 Å². The number of esters is 1. The first-order chi connectivity index (χ1) is 14.2. The average Bonchev–Trinajstić information content (AvgIpc) is 3.20. The van der Waals surface area contributed by atoms with Crippen LogP contribution in [-0.2, 0) is 14.3 Å². The third-order valence-corrected chi connectivity index (χ3v) is 4.29. The van der Waals surface area contributed by atoms with E-state index < -0.39 is 18.1 Å². The third-order valence-electron chi connectivity index (χ3n) is 4.29. The fourth-order valence-electron chi connectivity index (χ4n) is 2.90. The molecule has 150 valence electrons. The summed E-state index contributed by atoms with van der Waals surface area (Å²) in [4.78, 5) is 19.5. The van der Waals surface area contributed by atoms with Gasteiger partial charge < -0.3 is 19.3 Å². The largest absolute Gasteiger partial charge is 0.494 e. The van der Waals surface area contributed by atoms with Crippen molar-refractivity contribution in [2.75, 3.05) is 20.3 Å². The van der Waals surface area contributed by atoms with E-state index in [9.17, 15) is 4.79 Å². The van der Waals surface area contributed by atoms with Crippen LogP contribution >= 0.6 is 0 Å². The molecule has 0 saturated heterocycles. The number of aliphatic hydroxyl groups is 1. The zero-order chi connectivity index (χ0) is 20.6. The van der Waals surface area contributed by atoms with Crippen molar-refractivity contribution in [3.8, 4) is 5.75 Å². The fourth-order valence-corrected chi connectivity index (χ4v) is 2.90. The van der Waals surface area contributed by atoms with Gasteiger partial charge in [-0.1, -0.05) is 29.4 Å². The lowest BCUT2D eigenvalue weighted by Gasteiger charge is -2.18. The Labute approximate surface area is 167 Å². The van der Waals surface area contributed by atoms with Crippen LogP contribution in [0, 0.1) is 0 Å². The highest BCUT2D eigenvalue weighted by Gasteiger charge is 2.39. The number of rotatable bonds is 8. The van der Waals surface area contributed by atoms with Crippen LogP contribution in [0.25, 0.3) is 10.4 Å². The summed E-state index contributed by atoms with van der Waals surface area (Å²) in [6.07, 6.45) is -0.232. The Balaban J connectivity index is 1.86. The van der Waals surface area contributed by atoms with Crippen molar-refractivity contribution in [1.29, 1.82) is 0 Å². The van der Waals surface area contributed by atoms with Gasteiger partial charge in [-0.15, -0.1) is 0 Å². The van der Waals surface area contributed by atoms with Gasteiger partial charge in [0.05, 0.1) is 13.7 Å². The monoisotopic (exact) mass is 396 g/mol. The molecule has 3 rings (SSSR count). The standard InChI is InChI=1S/C20H20N4O5/c1-27-20(26)17-18(15-5-2-3-6-16(15)23-24-21)29-19(22-17)13-7-9-14(10-8-13)28-12-4-11-25/h2-3,5-10,17-18,25H,4,11-12H2,1H3/t17-,18+/m0/s1. The van der Waals surface area contributed by atoms with Gasteiger partial charge in [0.2, 0.25) is 5.90 Å². The molecule has 2 aromatic carbocycles. The van der Waals surface area contributed by atoms with Crippen molar-refractivity contribution in [3.05, 3.63) is 70.1 Å². The average molecular weight is 396 g/mol. The van der Waals surface area contributed by atoms with E-state index in [1.807, 2.05) is 0 Å². The second-order valence-electron chi connectivity index (χ2n) is 6.14. The molecule has 0 aliphatic carbocycles. The summed E-state index contributed by atoms with van der Waals surface area (Å²) in [7, 11) is 1.28. The summed E-state index contributed by atoms with van der Waals surface area (Å²) in [5, 5.41) is 12.5. The lowest BCUT2D eigenvalue weighted by molar-refractivity contribution is -0.143. The summed E-state index contributed by atoms with van der Waals surface area (Å²) >= 11 is 0. The molecule has 1 N–H and O–H groups in total. The SMILES string of the molecule is COC(=O)[C@H]1N=C(c2ccc(OCCCO)cc2)O[C@@H]1c1ccccc1N=[N+]=[N-]. The van der Waals surface area contributed by atoms with E-state index in [-0.39, 0.29) is 12.5 Å². The minimum atomic E-state index is -0.925. The number of aliphatic hydroxyl groups excluding tert-OH is 1. The van der Waals surface area contributed by atoms with E-state index >= 15 is 0 Å². The van der Waals surface area contributed by atoms with Crippen LogP contribution in [-0.4, -0.2) is 43.3 Å². The van der Waals surface area contributed by atoms with E-state index in [2.05, 4.69) is 15.0 Å². The molecular formula is C20H20N4O5. The first-order valence-corrected chi connectivity index (χ1v) is 8.98. The Morgan fingerprint density at radius 1 is 1.28 bits per heavy atom. The summed E-state index contributed by atoms with van der Waals surface area (Å²) in [6.45, 7) is 0.479. The van der Waals surface area contributed by atoms with Crippen molar-refractivity contribution in [2.24, 2.45) is 10.1 Å². The zero-order valence-corrected chi connectivity index (χ0v) is 15.8. The van der Waals surface area contributed by atoms with E-state index in [1.54, 1.807) is 48.5 Å². The Morgan fingerprint density at radius 3 is 2.72 bits per heavy atom. The van der Waals surface area contributed by atoms with Crippen LogP contribution in [0.4, 0.5) is 5.69 Å². The normalized spacial score (nSPS) is 17.7. The van der Waals surface area contributed by atoms with Crippen LogP contribution in [0.15, 0.2) is 58.6 Å². The van der Waals surface area contributed by atoms with Gasteiger partial charge in [-0.3, -0.25) is 0 Å². The maximum atomic E-state index is 12.3. The van der Waals surface area contributed by atoms with E-state index in [4.69, 9.17) is 24.8 Å². The topological polar surface area (TPSA) is 126 Å². The Kier molecular flexibility index (Phi) is 6.67. The van der Waals surface area contributed by atoms with Crippen molar-refractivity contribution >= 4 is 17.6 Å². The molecule has 0 radical (unpaired) electrons.